The number of aromatic nitrogens is 1. The minimum absolute atomic E-state index is 0.134. The van der Waals surface area contributed by atoms with Gasteiger partial charge in [-0.2, -0.15) is 0 Å². The number of carbonyl (C=O) groups is 2. The van der Waals surface area contributed by atoms with Gasteiger partial charge >= 0.3 is 5.97 Å². The molecule has 3 rings (SSSR count). The predicted molar refractivity (Wildman–Crippen MR) is 79.5 cm³/mol. The number of aromatic carboxylic acids is 1. The van der Waals surface area contributed by atoms with Crippen molar-refractivity contribution in [3.8, 4) is 5.75 Å². The van der Waals surface area contributed by atoms with E-state index in [-0.39, 0.29) is 24.8 Å². The van der Waals surface area contributed by atoms with Gasteiger partial charge in [0.05, 0.1) is 6.54 Å². The molecule has 0 aliphatic carbocycles. The highest BCUT2D eigenvalue weighted by atomic mass is 35.5. The lowest BCUT2D eigenvalue weighted by Crippen LogP contribution is -2.39. The van der Waals surface area contributed by atoms with Crippen molar-refractivity contribution in [2.24, 2.45) is 0 Å². The van der Waals surface area contributed by atoms with Crippen LogP contribution in [0.2, 0.25) is 5.02 Å². The number of hydrogen-bond donors (Lipinski definition) is 1. The molecule has 0 atom stereocenters. The van der Waals surface area contributed by atoms with E-state index in [2.05, 4.69) is 5.16 Å². The minimum atomic E-state index is -1.17. The average Bonchev–Trinajstić information content (AvgIpc) is 2.97. The van der Waals surface area contributed by atoms with Crippen molar-refractivity contribution in [1.82, 2.24) is 10.1 Å². The Morgan fingerprint density at radius 3 is 2.78 bits per heavy atom. The third-order valence-electron chi connectivity index (χ3n) is 3.56. The summed E-state index contributed by atoms with van der Waals surface area (Å²) in [6.07, 6.45) is 0.433. The molecule has 1 aliphatic rings. The van der Waals surface area contributed by atoms with Crippen molar-refractivity contribution in [3.63, 3.8) is 0 Å². The molecule has 23 heavy (non-hydrogen) atoms. The van der Waals surface area contributed by atoms with E-state index in [4.69, 9.17) is 26.0 Å². The second-order valence-corrected chi connectivity index (χ2v) is 5.48. The summed E-state index contributed by atoms with van der Waals surface area (Å²) in [5.74, 6) is -0.341. The fraction of sp³-hybridized carbons (Fsp3) is 0.267. The van der Waals surface area contributed by atoms with E-state index in [0.29, 0.717) is 35.1 Å². The van der Waals surface area contributed by atoms with Crippen LogP contribution >= 0.6 is 11.6 Å². The summed E-state index contributed by atoms with van der Waals surface area (Å²) in [4.78, 5) is 24.8. The number of nitrogens with zero attached hydrogens (tertiary/aromatic N) is 2. The summed E-state index contributed by atoms with van der Waals surface area (Å²) in [7, 11) is 0. The lowest BCUT2D eigenvalue weighted by Gasteiger charge is -2.25. The standard InChI is InChI=1S/C15H13ClN2O5/c16-9-1-3-10(4-2-9)22-8-13(19)18-6-5-12-11(7-18)14(15(20)21)17-23-12/h1-4H,5-8H2,(H,20,21). The number of amides is 1. The fourth-order valence-corrected chi connectivity index (χ4v) is 2.48. The van der Waals surface area contributed by atoms with Gasteiger partial charge < -0.3 is 19.3 Å². The first-order chi connectivity index (χ1) is 11.0. The van der Waals surface area contributed by atoms with Gasteiger partial charge in [0.1, 0.15) is 11.5 Å². The zero-order valence-corrected chi connectivity index (χ0v) is 12.7. The number of halogens is 1. The average molecular weight is 337 g/mol. The molecule has 1 aromatic carbocycles. The van der Waals surface area contributed by atoms with Crippen LogP contribution in [0.25, 0.3) is 0 Å². The van der Waals surface area contributed by atoms with Gasteiger partial charge in [0.15, 0.2) is 12.3 Å². The van der Waals surface area contributed by atoms with Crippen LogP contribution in [-0.2, 0) is 17.8 Å². The Kier molecular flexibility index (Phi) is 4.20. The highest BCUT2D eigenvalue weighted by Gasteiger charge is 2.29. The number of ether oxygens (including phenoxy) is 1. The molecular weight excluding hydrogens is 324 g/mol. The van der Waals surface area contributed by atoms with E-state index >= 15 is 0 Å². The molecule has 0 bridgehead atoms. The Hall–Kier alpha value is -2.54. The van der Waals surface area contributed by atoms with Gasteiger partial charge in [-0.3, -0.25) is 4.79 Å². The molecule has 1 N–H and O–H groups in total. The molecule has 0 fully saturated rings. The number of carbonyl (C=O) groups excluding carboxylic acids is 1. The summed E-state index contributed by atoms with van der Waals surface area (Å²) in [5.41, 5.74) is 0.305. The van der Waals surface area contributed by atoms with Gasteiger partial charge in [-0.05, 0) is 24.3 Å². The van der Waals surface area contributed by atoms with Crippen LogP contribution in [0, 0.1) is 0 Å². The first-order valence-electron chi connectivity index (χ1n) is 6.91. The highest BCUT2D eigenvalue weighted by molar-refractivity contribution is 6.30. The minimum Gasteiger partial charge on any atom is -0.484 e. The third-order valence-corrected chi connectivity index (χ3v) is 3.81. The Labute approximate surface area is 136 Å². The number of hydrogen-bond acceptors (Lipinski definition) is 5. The summed E-state index contributed by atoms with van der Waals surface area (Å²) >= 11 is 5.78. The van der Waals surface area contributed by atoms with Crippen LogP contribution in [0.15, 0.2) is 28.8 Å². The third kappa shape index (κ3) is 3.29. The molecule has 0 radical (unpaired) electrons. The van der Waals surface area contributed by atoms with Crippen LogP contribution in [0.3, 0.4) is 0 Å². The smallest absolute Gasteiger partial charge is 0.358 e. The van der Waals surface area contributed by atoms with Crippen LogP contribution in [0.5, 0.6) is 5.75 Å². The van der Waals surface area contributed by atoms with Gasteiger partial charge in [-0.1, -0.05) is 16.8 Å². The first kappa shape index (κ1) is 15.4. The number of carboxylic acid groups (broad SMARTS) is 1. The van der Waals surface area contributed by atoms with Gasteiger partial charge in [0, 0.05) is 23.6 Å². The Bertz CT molecular complexity index is 741. The van der Waals surface area contributed by atoms with E-state index in [0.717, 1.165) is 0 Å². The molecule has 1 aliphatic heterocycles. The Balaban J connectivity index is 1.63. The summed E-state index contributed by atoms with van der Waals surface area (Å²) < 4.78 is 10.4. The molecule has 1 amide bonds. The molecule has 120 valence electrons. The van der Waals surface area contributed by atoms with Crippen molar-refractivity contribution in [2.45, 2.75) is 13.0 Å². The fourth-order valence-electron chi connectivity index (χ4n) is 2.36. The summed E-state index contributed by atoms with van der Waals surface area (Å²) in [6.45, 7) is 0.456. The van der Waals surface area contributed by atoms with Gasteiger partial charge in [0.2, 0.25) is 0 Å². The van der Waals surface area contributed by atoms with Crippen LogP contribution in [0.1, 0.15) is 21.8 Å². The monoisotopic (exact) mass is 336 g/mol. The topological polar surface area (TPSA) is 92.9 Å². The van der Waals surface area contributed by atoms with E-state index in [9.17, 15) is 9.59 Å². The molecule has 0 saturated carbocycles. The molecule has 2 aromatic rings. The van der Waals surface area contributed by atoms with Crippen molar-refractivity contribution in [2.75, 3.05) is 13.2 Å². The van der Waals surface area contributed by atoms with Crippen molar-refractivity contribution < 1.29 is 24.0 Å². The highest BCUT2D eigenvalue weighted by Crippen LogP contribution is 2.23. The van der Waals surface area contributed by atoms with E-state index in [1.54, 1.807) is 24.3 Å². The van der Waals surface area contributed by atoms with Crippen LogP contribution < -0.4 is 4.74 Å². The normalized spacial score (nSPS) is 13.5. The van der Waals surface area contributed by atoms with E-state index < -0.39 is 5.97 Å². The summed E-state index contributed by atoms with van der Waals surface area (Å²) in [5, 5.41) is 13.2. The van der Waals surface area contributed by atoms with Crippen molar-refractivity contribution in [3.05, 3.63) is 46.3 Å². The number of benzene rings is 1. The van der Waals surface area contributed by atoms with Gasteiger partial charge in [-0.25, -0.2) is 4.79 Å². The largest absolute Gasteiger partial charge is 0.484 e. The first-order valence-corrected chi connectivity index (χ1v) is 7.29. The number of fused-ring (bicyclic) bond motifs is 1. The Morgan fingerprint density at radius 2 is 2.09 bits per heavy atom. The Morgan fingerprint density at radius 1 is 1.35 bits per heavy atom. The lowest BCUT2D eigenvalue weighted by molar-refractivity contribution is -0.134. The molecule has 0 unspecified atom stereocenters. The van der Waals surface area contributed by atoms with Crippen LogP contribution in [0.4, 0.5) is 0 Å². The second-order valence-electron chi connectivity index (χ2n) is 5.05. The molecular formula is C15H13ClN2O5. The molecule has 0 spiro atoms. The maximum Gasteiger partial charge on any atom is 0.358 e. The quantitative estimate of drug-likeness (QED) is 0.917. The van der Waals surface area contributed by atoms with Crippen molar-refractivity contribution >= 4 is 23.5 Å². The van der Waals surface area contributed by atoms with E-state index in [1.165, 1.54) is 4.90 Å². The second kappa shape index (κ2) is 6.29. The zero-order chi connectivity index (χ0) is 16.4. The SMILES string of the molecule is O=C(O)c1noc2c1CN(C(=O)COc1ccc(Cl)cc1)CC2. The number of carboxylic acids is 1. The zero-order valence-electron chi connectivity index (χ0n) is 12.0. The molecule has 7 nitrogen and oxygen atoms in total. The van der Waals surface area contributed by atoms with Gasteiger partial charge in [-0.15, -0.1) is 0 Å². The summed E-state index contributed by atoms with van der Waals surface area (Å²) in [6, 6.07) is 6.69. The molecule has 2 heterocycles. The maximum absolute atomic E-state index is 12.2. The van der Waals surface area contributed by atoms with E-state index in [1.807, 2.05) is 0 Å². The van der Waals surface area contributed by atoms with Crippen LogP contribution in [-0.4, -0.2) is 40.2 Å². The number of rotatable bonds is 4. The maximum atomic E-state index is 12.2. The lowest BCUT2D eigenvalue weighted by atomic mass is 10.1. The predicted octanol–water partition coefficient (Wildman–Crippen LogP) is 1.99. The molecule has 0 saturated heterocycles. The van der Waals surface area contributed by atoms with Crippen molar-refractivity contribution in [1.29, 1.82) is 0 Å². The molecule has 8 heteroatoms. The van der Waals surface area contributed by atoms with Gasteiger partial charge in [0.25, 0.3) is 5.91 Å². The molecule has 1 aromatic heterocycles.